The predicted molar refractivity (Wildman–Crippen MR) is 72.9 cm³/mol. The fraction of sp³-hybridized carbons (Fsp3) is 0.250. The van der Waals surface area contributed by atoms with Gasteiger partial charge in [0, 0.05) is 11.1 Å². The van der Waals surface area contributed by atoms with Crippen LogP contribution >= 0.6 is 0 Å². The summed E-state index contributed by atoms with van der Waals surface area (Å²) in [6.07, 6.45) is 5.91. The van der Waals surface area contributed by atoms with Gasteiger partial charge in [0.15, 0.2) is 5.78 Å². The van der Waals surface area contributed by atoms with Gasteiger partial charge in [-0.3, -0.25) is 9.59 Å². The maximum atomic E-state index is 12.3. The Balaban J connectivity index is 2.15. The first kappa shape index (κ1) is 13.3. The summed E-state index contributed by atoms with van der Waals surface area (Å²) in [6, 6.07) is 9.06. The van der Waals surface area contributed by atoms with E-state index in [-0.39, 0.29) is 11.7 Å². The molecular formula is C16H16O3. The topological polar surface area (TPSA) is 54.4 Å². The molecule has 0 saturated heterocycles. The SMILES string of the molecule is CC(C(=O)O)C1C=CC=C(C(=O)c2ccccc2)C1. The Labute approximate surface area is 112 Å². The lowest BCUT2D eigenvalue weighted by Crippen LogP contribution is -2.22. The summed E-state index contributed by atoms with van der Waals surface area (Å²) >= 11 is 0. The number of aliphatic carboxylic acids is 1. The second kappa shape index (κ2) is 5.65. The summed E-state index contributed by atoms with van der Waals surface area (Å²) in [5.41, 5.74) is 1.32. The standard InChI is InChI=1S/C16H16O3/c1-11(16(18)19)13-8-5-9-14(10-13)15(17)12-6-3-2-4-7-12/h2-9,11,13H,10H2,1H3,(H,18,19). The highest BCUT2D eigenvalue weighted by molar-refractivity contribution is 6.09. The van der Waals surface area contributed by atoms with Gasteiger partial charge in [-0.25, -0.2) is 0 Å². The molecule has 1 aliphatic carbocycles. The Morgan fingerprint density at radius 1 is 1.26 bits per heavy atom. The molecule has 2 atom stereocenters. The Morgan fingerprint density at radius 3 is 2.58 bits per heavy atom. The molecule has 0 aromatic heterocycles. The van der Waals surface area contributed by atoms with Crippen molar-refractivity contribution in [1.82, 2.24) is 0 Å². The number of allylic oxidation sites excluding steroid dienone is 4. The van der Waals surface area contributed by atoms with Crippen LogP contribution in [0.4, 0.5) is 0 Å². The molecule has 0 aliphatic heterocycles. The second-order valence-electron chi connectivity index (χ2n) is 4.77. The Morgan fingerprint density at radius 2 is 1.95 bits per heavy atom. The van der Waals surface area contributed by atoms with Crippen LogP contribution in [0.5, 0.6) is 0 Å². The Bertz CT molecular complexity index is 540. The number of benzene rings is 1. The molecule has 1 aromatic carbocycles. The van der Waals surface area contributed by atoms with Gasteiger partial charge in [-0.2, -0.15) is 0 Å². The average Bonchev–Trinajstić information content (AvgIpc) is 2.46. The number of carbonyl (C=O) groups excluding carboxylic acids is 1. The minimum Gasteiger partial charge on any atom is -0.481 e. The number of ketones is 1. The van der Waals surface area contributed by atoms with Crippen LogP contribution in [0.2, 0.25) is 0 Å². The summed E-state index contributed by atoms with van der Waals surface area (Å²) in [6.45, 7) is 1.67. The minimum absolute atomic E-state index is 0.0208. The zero-order valence-electron chi connectivity index (χ0n) is 10.7. The molecule has 1 N–H and O–H groups in total. The molecule has 0 amide bonds. The van der Waals surface area contributed by atoms with Crippen molar-refractivity contribution < 1.29 is 14.7 Å². The number of carboxylic acids is 1. The first-order chi connectivity index (χ1) is 9.09. The maximum absolute atomic E-state index is 12.3. The highest BCUT2D eigenvalue weighted by Crippen LogP contribution is 2.27. The van der Waals surface area contributed by atoms with Crippen LogP contribution in [-0.4, -0.2) is 16.9 Å². The van der Waals surface area contributed by atoms with E-state index in [0.717, 1.165) is 0 Å². The Kier molecular flexibility index (Phi) is 3.95. The largest absolute Gasteiger partial charge is 0.481 e. The third-order valence-electron chi connectivity index (χ3n) is 3.47. The summed E-state index contributed by atoms with van der Waals surface area (Å²) in [5.74, 6) is -1.45. The van der Waals surface area contributed by atoms with Crippen molar-refractivity contribution in [2.45, 2.75) is 13.3 Å². The van der Waals surface area contributed by atoms with Gasteiger partial charge < -0.3 is 5.11 Å². The van der Waals surface area contributed by atoms with E-state index in [1.165, 1.54) is 0 Å². The van der Waals surface area contributed by atoms with Crippen LogP contribution < -0.4 is 0 Å². The van der Waals surface area contributed by atoms with Crippen molar-refractivity contribution in [3.05, 3.63) is 59.7 Å². The fourth-order valence-electron chi connectivity index (χ4n) is 2.17. The average molecular weight is 256 g/mol. The molecule has 98 valence electrons. The lowest BCUT2D eigenvalue weighted by atomic mass is 9.82. The van der Waals surface area contributed by atoms with Crippen LogP contribution in [0.1, 0.15) is 23.7 Å². The smallest absolute Gasteiger partial charge is 0.306 e. The molecular weight excluding hydrogens is 240 g/mol. The van der Waals surface area contributed by atoms with E-state index >= 15 is 0 Å². The molecule has 0 spiro atoms. The van der Waals surface area contributed by atoms with E-state index in [1.807, 2.05) is 24.3 Å². The highest BCUT2D eigenvalue weighted by Gasteiger charge is 2.26. The number of carbonyl (C=O) groups is 2. The molecule has 0 heterocycles. The summed E-state index contributed by atoms with van der Waals surface area (Å²) < 4.78 is 0. The molecule has 0 saturated carbocycles. The van der Waals surface area contributed by atoms with Crippen molar-refractivity contribution in [1.29, 1.82) is 0 Å². The number of hydrogen-bond donors (Lipinski definition) is 1. The molecule has 2 unspecified atom stereocenters. The number of carboxylic acid groups (broad SMARTS) is 1. The zero-order chi connectivity index (χ0) is 13.8. The normalized spacial score (nSPS) is 19.6. The van der Waals surface area contributed by atoms with Crippen LogP contribution in [0.25, 0.3) is 0 Å². The van der Waals surface area contributed by atoms with E-state index in [9.17, 15) is 9.59 Å². The lowest BCUT2D eigenvalue weighted by Gasteiger charge is -2.21. The minimum atomic E-state index is -0.830. The van der Waals surface area contributed by atoms with Gasteiger partial charge in [0.25, 0.3) is 0 Å². The van der Waals surface area contributed by atoms with Crippen molar-refractivity contribution >= 4 is 11.8 Å². The fourth-order valence-corrected chi connectivity index (χ4v) is 2.17. The highest BCUT2D eigenvalue weighted by atomic mass is 16.4. The molecule has 1 aliphatic rings. The number of rotatable bonds is 4. The maximum Gasteiger partial charge on any atom is 0.306 e. The molecule has 0 radical (unpaired) electrons. The van der Waals surface area contributed by atoms with Gasteiger partial charge in [-0.05, 0) is 12.3 Å². The van der Waals surface area contributed by atoms with E-state index in [4.69, 9.17) is 5.11 Å². The summed E-state index contributed by atoms with van der Waals surface area (Å²) in [7, 11) is 0. The van der Waals surface area contributed by atoms with Gasteiger partial charge in [0.1, 0.15) is 0 Å². The van der Waals surface area contributed by atoms with E-state index < -0.39 is 11.9 Å². The van der Waals surface area contributed by atoms with Crippen LogP contribution in [0.3, 0.4) is 0 Å². The predicted octanol–water partition coefficient (Wildman–Crippen LogP) is 3.09. The van der Waals surface area contributed by atoms with Crippen LogP contribution in [0.15, 0.2) is 54.1 Å². The van der Waals surface area contributed by atoms with Gasteiger partial charge in [-0.1, -0.05) is 55.5 Å². The van der Waals surface area contributed by atoms with Crippen molar-refractivity contribution in [3.8, 4) is 0 Å². The molecule has 1 aromatic rings. The third-order valence-corrected chi connectivity index (χ3v) is 3.47. The molecule has 3 heteroatoms. The third kappa shape index (κ3) is 2.99. The quantitative estimate of drug-likeness (QED) is 0.842. The lowest BCUT2D eigenvalue weighted by molar-refractivity contribution is -0.142. The van der Waals surface area contributed by atoms with Crippen molar-refractivity contribution in [2.75, 3.05) is 0 Å². The molecule has 19 heavy (non-hydrogen) atoms. The number of hydrogen-bond acceptors (Lipinski definition) is 2. The van der Waals surface area contributed by atoms with Gasteiger partial charge in [0.05, 0.1) is 5.92 Å². The van der Waals surface area contributed by atoms with Gasteiger partial charge in [0.2, 0.25) is 0 Å². The zero-order valence-corrected chi connectivity index (χ0v) is 10.7. The molecule has 3 nitrogen and oxygen atoms in total. The van der Waals surface area contributed by atoms with E-state index in [2.05, 4.69) is 0 Å². The molecule has 0 bridgehead atoms. The summed E-state index contributed by atoms with van der Waals surface area (Å²) in [4.78, 5) is 23.3. The molecule has 0 fully saturated rings. The number of Topliss-reactive ketones (excluding diaryl/α,β-unsaturated/α-hetero) is 1. The molecule has 2 rings (SSSR count). The van der Waals surface area contributed by atoms with Crippen LogP contribution in [-0.2, 0) is 4.79 Å². The van der Waals surface area contributed by atoms with Crippen molar-refractivity contribution in [2.24, 2.45) is 11.8 Å². The first-order valence-corrected chi connectivity index (χ1v) is 6.29. The second-order valence-corrected chi connectivity index (χ2v) is 4.77. The Hall–Kier alpha value is -2.16. The first-order valence-electron chi connectivity index (χ1n) is 6.29. The van der Waals surface area contributed by atoms with Crippen molar-refractivity contribution in [3.63, 3.8) is 0 Å². The van der Waals surface area contributed by atoms with Gasteiger partial charge in [-0.15, -0.1) is 0 Å². The van der Waals surface area contributed by atoms with E-state index in [1.54, 1.807) is 31.2 Å². The van der Waals surface area contributed by atoms with Crippen LogP contribution in [0, 0.1) is 11.8 Å². The van der Waals surface area contributed by atoms with E-state index in [0.29, 0.717) is 17.6 Å². The monoisotopic (exact) mass is 256 g/mol. The van der Waals surface area contributed by atoms with Gasteiger partial charge >= 0.3 is 5.97 Å². The summed E-state index contributed by atoms with van der Waals surface area (Å²) in [5, 5.41) is 9.04.